The zero-order chi connectivity index (χ0) is 16.9. The fraction of sp³-hybridized carbons (Fsp3) is 0.588. The van der Waals surface area contributed by atoms with Crippen molar-refractivity contribution in [3.05, 3.63) is 29.1 Å². The van der Waals surface area contributed by atoms with Crippen LogP contribution in [0.25, 0.3) is 0 Å². The quantitative estimate of drug-likeness (QED) is 0.857. The Morgan fingerprint density at radius 1 is 1.25 bits per heavy atom. The van der Waals surface area contributed by atoms with Crippen LogP contribution in [0.15, 0.2) is 12.1 Å². The summed E-state index contributed by atoms with van der Waals surface area (Å²) < 4.78 is 12.9. The van der Waals surface area contributed by atoms with Crippen LogP contribution in [0, 0.1) is 0 Å². The van der Waals surface area contributed by atoms with Gasteiger partial charge in [-0.15, -0.1) is 5.10 Å². The lowest BCUT2D eigenvalue weighted by atomic mass is 9.83. The smallest absolute Gasteiger partial charge is 0.171 e. The molecule has 0 amide bonds. The zero-order valence-electron chi connectivity index (χ0n) is 14.6. The summed E-state index contributed by atoms with van der Waals surface area (Å²) in [5, 5.41) is 12.4. The molecule has 7 nitrogen and oxygen atoms in total. The first-order valence-corrected chi connectivity index (χ1v) is 8.40. The molecule has 2 unspecified atom stereocenters. The van der Waals surface area contributed by atoms with E-state index in [1.165, 1.54) is 11.1 Å². The minimum Gasteiger partial charge on any atom is -0.493 e. The second-order valence-corrected chi connectivity index (χ2v) is 6.68. The van der Waals surface area contributed by atoms with Gasteiger partial charge in [-0.05, 0) is 53.5 Å². The van der Waals surface area contributed by atoms with Crippen LogP contribution in [-0.2, 0) is 18.5 Å². The summed E-state index contributed by atoms with van der Waals surface area (Å²) in [6.07, 6.45) is 1.95. The molecule has 1 aromatic carbocycles. The lowest BCUT2D eigenvalue weighted by Gasteiger charge is -2.50. The highest BCUT2D eigenvalue weighted by atomic mass is 16.5. The van der Waals surface area contributed by atoms with Gasteiger partial charge in [-0.3, -0.25) is 4.90 Å². The van der Waals surface area contributed by atoms with E-state index in [4.69, 9.17) is 9.47 Å². The van der Waals surface area contributed by atoms with Crippen LogP contribution in [0.3, 0.4) is 0 Å². The van der Waals surface area contributed by atoms with Gasteiger partial charge in [-0.25, -0.2) is 4.68 Å². The number of benzene rings is 1. The molecule has 4 rings (SSSR count). The van der Waals surface area contributed by atoms with E-state index in [0.717, 1.165) is 43.3 Å². The van der Waals surface area contributed by atoms with E-state index in [0.29, 0.717) is 0 Å². The molecule has 2 aliphatic heterocycles. The summed E-state index contributed by atoms with van der Waals surface area (Å²) in [4.78, 5) is 2.55. The van der Waals surface area contributed by atoms with Gasteiger partial charge < -0.3 is 9.47 Å². The standard InChI is InChI=1S/C17H23N5O2/c1-5-17(2)16-18-19-20-22(16)10-13-12-9-15(24-4)14(23-3)8-11(12)6-7-21(13)17/h8-9,13H,5-7,10H2,1-4H3. The number of ether oxygens (including phenoxy) is 2. The van der Waals surface area contributed by atoms with Crippen molar-refractivity contribution in [1.82, 2.24) is 25.1 Å². The fourth-order valence-corrected chi connectivity index (χ4v) is 4.18. The molecule has 0 spiro atoms. The van der Waals surface area contributed by atoms with E-state index >= 15 is 0 Å². The number of tetrazole rings is 1. The first-order valence-electron chi connectivity index (χ1n) is 8.40. The molecule has 0 saturated heterocycles. The van der Waals surface area contributed by atoms with Crippen molar-refractivity contribution in [1.29, 1.82) is 0 Å². The van der Waals surface area contributed by atoms with Gasteiger partial charge in [0.05, 0.1) is 32.3 Å². The maximum Gasteiger partial charge on any atom is 0.171 e. The number of fused-ring (bicyclic) bond motifs is 4. The summed E-state index contributed by atoms with van der Waals surface area (Å²) in [6.45, 7) is 6.20. The highest BCUT2D eigenvalue weighted by molar-refractivity contribution is 5.50. The lowest BCUT2D eigenvalue weighted by molar-refractivity contribution is -0.00395. The normalized spacial score (nSPS) is 25.6. The molecule has 0 N–H and O–H groups in total. The van der Waals surface area contributed by atoms with E-state index in [2.05, 4.69) is 46.4 Å². The second-order valence-electron chi connectivity index (χ2n) is 6.68. The van der Waals surface area contributed by atoms with Crippen molar-refractivity contribution < 1.29 is 9.47 Å². The molecule has 0 aliphatic carbocycles. The van der Waals surface area contributed by atoms with Crippen LogP contribution >= 0.6 is 0 Å². The molecule has 0 radical (unpaired) electrons. The van der Waals surface area contributed by atoms with Crippen molar-refractivity contribution in [2.45, 2.75) is 44.8 Å². The minimum absolute atomic E-state index is 0.155. The Morgan fingerprint density at radius 2 is 2.00 bits per heavy atom. The minimum atomic E-state index is -0.155. The second kappa shape index (κ2) is 5.44. The molecule has 3 heterocycles. The van der Waals surface area contributed by atoms with Crippen molar-refractivity contribution in [3.8, 4) is 11.5 Å². The number of nitrogens with zero attached hydrogens (tertiary/aromatic N) is 5. The molecule has 2 aromatic rings. The maximum absolute atomic E-state index is 5.52. The Bertz CT molecular complexity index is 774. The predicted molar refractivity (Wildman–Crippen MR) is 88.2 cm³/mol. The van der Waals surface area contributed by atoms with E-state index in [-0.39, 0.29) is 11.6 Å². The number of hydrogen-bond acceptors (Lipinski definition) is 6. The zero-order valence-corrected chi connectivity index (χ0v) is 14.6. The lowest BCUT2D eigenvalue weighted by Crippen LogP contribution is -2.54. The van der Waals surface area contributed by atoms with Crippen LogP contribution in [-0.4, -0.2) is 45.9 Å². The third-order valence-corrected chi connectivity index (χ3v) is 5.68. The van der Waals surface area contributed by atoms with Crippen LogP contribution in [0.1, 0.15) is 43.3 Å². The van der Waals surface area contributed by atoms with Crippen molar-refractivity contribution in [3.63, 3.8) is 0 Å². The monoisotopic (exact) mass is 329 g/mol. The Hall–Kier alpha value is -2.15. The van der Waals surface area contributed by atoms with E-state index in [1.54, 1.807) is 14.2 Å². The van der Waals surface area contributed by atoms with Crippen molar-refractivity contribution >= 4 is 0 Å². The largest absolute Gasteiger partial charge is 0.493 e. The van der Waals surface area contributed by atoms with Gasteiger partial charge >= 0.3 is 0 Å². The van der Waals surface area contributed by atoms with Gasteiger partial charge in [0, 0.05) is 6.54 Å². The molecule has 7 heteroatoms. The Kier molecular flexibility index (Phi) is 3.49. The molecular weight excluding hydrogens is 306 g/mol. The third-order valence-electron chi connectivity index (χ3n) is 5.68. The van der Waals surface area contributed by atoms with Gasteiger partial charge in [-0.1, -0.05) is 6.92 Å². The highest BCUT2D eigenvalue weighted by Crippen LogP contribution is 2.46. The fourth-order valence-electron chi connectivity index (χ4n) is 4.18. The summed E-state index contributed by atoms with van der Waals surface area (Å²) in [6, 6.07) is 4.48. The third kappa shape index (κ3) is 1.97. The molecule has 128 valence electrons. The summed E-state index contributed by atoms with van der Waals surface area (Å²) in [7, 11) is 3.36. The van der Waals surface area contributed by atoms with E-state index in [9.17, 15) is 0 Å². The van der Waals surface area contributed by atoms with Gasteiger partial charge in [0.1, 0.15) is 0 Å². The first kappa shape index (κ1) is 15.4. The first-order chi connectivity index (χ1) is 11.6. The molecular formula is C17H23N5O2. The summed E-state index contributed by atoms with van der Waals surface area (Å²) >= 11 is 0. The highest BCUT2D eigenvalue weighted by Gasteiger charge is 2.47. The van der Waals surface area contributed by atoms with Crippen LogP contribution in [0.2, 0.25) is 0 Å². The van der Waals surface area contributed by atoms with Crippen molar-refractivity contribution in [2.24, 2.45) is 0 Å². The van der Waals surface area contributed by atoms with Crippen molar-refractivity contribution in [2.75, 3.05) is 20.8 Å². The summed E-state index contributed by atoms with van der Waals surface area (Å²) in [5.41, 5.74) is 2.46. The molecule has 1 aromatic heterocycles. The molecule has 0 saturated carbocycles. The predicted octanol–water partition coefficient (Wildman–Crippen LogP) is 1.93. The van der Waals surface area contributed by atoms with E-state index in [1.807, 2.05) is 4.68 Å². The Labute approximate surface area is 141 Å². The molecule has 0 fully saturated rings. The summed E-state index contributed by atoms with van der Waals surface area (Å²) in [5.74, 6) is 2.53. The topological polar surface area (TPSA) is 65.3 Å². The average Bonchev–Trinajstić information content (AvgIpc) is 3.09. The van der Waals surface area contributed by atoms with Crippen LogP contribution < -0.4 is 9.47 Å². The van der Waals surface area contributed by atoms with Gasteiger partial charge in [0.2, 0.25) is 0 Å². The van der Waals surface area contributed by atoms with Crippen LogP contribution in [0.4, 0.5) is 0 Å². The number of rotatable bonds is 3. The van der Waals surface area contributed by atoms with Gasteiger partial charge in [0.25, 0.3) is 0 Å². The number of aromatic nitrogens is 4. The molecule has 24 heavy (non-hydrogen) atoms. The van der Waals surface area contributed by atoms with Crippen LogP contribution in [0.5, 0.6) is 11.5 Å². The van der Waals surface area contributed by atoms with Gasteiger partial charge in [-0.2, -0.15) is 0 Å². The van der Waals surface area contributed by atoms with Gasteiger partial charge in [0.15, 0.2) is 17.3 Å². The molecule has 0 bridgehead atoms. The van der Waals surface area contributed by atoms with E-state index < -0.39 is 0 Å². The maximum atomic E-state index is 5.52. The number of hydrogen-bond donors (Lipinski definition) is 0. The molecule has 2 atom stereocenters. The average molecular weight is 329 g/mol. The SMILES string of the molecule is CCC1(C)c2nnnn2CC2c3cc(OC)c(OC)cc3CCN21. The Morgan fingerprint density at radius 3 is 2.71 bits per heavy atom. The Balaban J connectivity index is 1.85. The number of methoxy groups -OCH3 is 2. The molecule has 2 aliphatic rings.